The van der Waals surface area contributed by atoms with Gasteiger partial charge in [0.05, 0.1) is 18.7 Å². The molecule has 0 aliphatic heterocycles. The molecule has 0 aliphatic carbocycles. The van der Waals surface area contributed by atoms with Crippen molar-refractivity contribution in [2.24, 2.45) is 7.05 Å². The highest BCUT2D eigenvalue weighted by atomic mass is 16.5. The van der Waals surface area contributed by atoms with Gasteiger partial charge in [0.2, 0.25) is 5.88 Å². The lowest BCUT2D eigenvalue weighted by atomic mass is 10.1. The molecule has 3 heterocycles. The molecule has 0 bridgehead atoms. The van der Waals surface area contributed by atoms with E-state index in [2.05, 4.69) is 25.4 Å². The van der Waals surface area contributed by atoms with E-state index in [4.69, 9.17) is 4.74 Å². The zero-order chi connectivity index (χ0) is 15.7. The summed E-state index contributed by atoms with van der Waals surface area (Å²) in [6.07, 6.45) is 3.29. The lowest BCUT2D eigenvalue weighted by Gasteiger charge is -2.13. The predicted octanol–water partition coefficient (Wildman–Crippen LogP) is 2.00. The van der Waals surface area contributed by atoms with Crippen LogP contribution in [0.5, 0.6) is 5.88 Å². The second kappa shape index (κ2) is 5.59. The Bertz CT molecular complexity index is 826. The lowest BCUT2D eigenvalue weighted by Crippen LogP contribution is -2.07. The summed E-state index contributed by atoms with van der Waals surface area (Å²) in [5, 5.41) is 8.43. The van der Waals surface area contributed by atoms with E-state index in [0.717, 1.165) is 33.7 Å². The van der Waals surface area contributed by atoms with E-state index in [1.165, 1.54) is 6.33 Å². The van der Waals surface area contributed by atoms with Crippen LogP contribution in [-0.4, -0.2) is 31.8 Å². The van der Waals surface area contributed by atoms with Gasteiger partial charge in [-0.1, -0.05) is 0 Å². The summed E-state index contributed by atoms with van der Waals surface area (Å²) < 4.78 is 7.11. The maximum absolute atomic E-state index is 5.39. The molecule has 0 aromatic carbocycles. The third kappa shape index (κ3) is 2.45. The Kier molecular flexibility index (Phi) is 3.62. The van der Waals surface area contributed by atoms with Crippen molar-refractivity contribution < 1.29 is 4.74 Å². The molecule has 0 fully saturated rings. The molecule has 22 heavy (non-hydrogen) atoms. The van der Waals surface area contributed by atoms with Crippen molar-refractivity contribution in [3.05, 3.63) is 35.4 Å². The molecular formula is C15H18N6O. The molecule has 0 atom stereocenters. The fourth-order valence-electron chi connectivity index (χ4n) is 2.49. The highest BCUT2D eigenvalue weighted by Gasteiger charge is 2.12. The Balaban J connectivity index is 1.92. The van der Waals surface area contributed by atoms with E-state index in [1.807, 2.05) is 27.0 Å². The normalized spacial score (nSPS) is 10.9. The molecule has 0 spiro atoms. The van der Waals surface area contributed by atoms with E-state index in [-0.39, 0.29) is 0 Å². The van der Waals surface area contributed by atoms with E-state index in [9.17, 15) is 0 Å². The van der Waals surface area contributed by atoms with Crippen molar-refractivity contribution in [2.75, 3.05) is 12.4 Å². The predicted molar refractivity (Wildman–Crippen MR) is 83.9 cm³/mol. The third-order valence-corrected chi connectivity index (χ3v) is 3.59. The first-order valence-electron chi connectivity index (χ1n) is 6.98. The van der Waals surface area contributed by atoms with Gasteiger partial charge in [0.15, 0.2) is 5.65 Å². The van der Waals surface area contributed by atoms with Gasteiger partial charge in [-0.15, -0.1) is 0 Å². The first kappa shape index (κ1) is 14.2. The van der Waals surface area contributed by atoms with E-state index in [0.29, 0.717) is 12.4 Å². The van der Waals surface area contributed by atoms with E-state index in [1.54, 1.807) is 18.0 Å². The Labute approximate surface area is 128 Å². The van der Waals surface area contributed by atoms with Gasteiger partial charge in [0.1, 0.15) is 12.1 Å². The maximum Gasteiger partial charge on any atom is 0.218 e. The molecule has 114 valence electrons. The summed E-state index contributed by atoms with van der Waals surface area (Å²) in [4.78, 5) is 13.0. The number of aryl methyl sites for hydroxylation is 3. The molecule has 0 amide bonds. The highest BCUT2D eigenvalue weighted by Crippen LogP contribution is 2.23. The quantitative estimate of drug-likeness (QED) is 0.793. The highest BCUT2D eigenvalue weighted by molar-refractivity contribution is 5.85. The molecule has 1 N–H and O–H groups in total. The molecule has 3 rings (SSSR count). The summed E-state index contributed by atoms with van der Waals surface area (Å²) in [6, 6.07) is 2.04. The van der Waals surface area contributed by atoms with Crippen LogP contribution in [0.15, 0.2) is 18.6 Å². The maximum atomic E-state index is 5.39. The van der Waals surface area contributed by atoms with Crippen molar-refractivity contribution in [3.8, 4) is 5.88 Å². The first-order valence-corrected chi connectivity index (χ1v) is 6.98. The molecule has 0 unspecified atom stereocenters. The van der Waals surface area contributed by atoms with Crippen LogP contribution in [0.1, 0.15) is 16.8 Å². The average Bonchev–Trinajstić information content (AvgIpc) is 2.88. The Morgan fingerprint density at radius 2 is 2.09 bits per heavy atom. The summed E-state index contributed by atoms with van der Waals surface area (Å²) in [6.45, 7) is 4.58. The van der Waals surface area contributed by atoms with Crippen molar-refractivity contribution >= 4 is 16.9 Å². The molecule has 0 saturated carbocycles. The van der Waals surface area contributed by atoms with Crippen molar-refractivity contribution in [1.29, 1.82) is 0 Å². The van der Waals surface area contributed by atoms with Crippen LogP contribution >= 0.6 is 0 Å². The van der Waals surface area contributed by atoms with Gasteiger partial charge in [0.25, 0.3) is 0 Å². The van der Waals surface area contributed by atoms with Gasteiger partial charge in [-0.3, -0.25) is 4.68 Å². The number of methoxy groups -OCH3 is 1. The fraction of sp³-hybridized carbons (Fsp3) is 0.333. The third-order valence-electron chi connectivity index (χ3n) is 3.59. The van der Waals surface area contributed by atoms with Crippen molar-refractivity contribution in [2.45, 2.75) is 20.4 Å². The number of rotatable bonds is 4. The van der Waals surface area contributed by atoms with Crippen molar-refractivity contribution in [3.63, 3.8) is 0 Å². The number of aromatic nitrogens is 5. The zero-order valence-electron chi connectivity index (χ0n) is 13.1. The second-order valence-electron chi connectivity index (χ2n) is 5.15. The number of pyridine rings is 1. The number of anilines is 1. The van der Waals surface area contributed by atoms with Crippen LogP contribution in [0.3, 0.4) is 0 Å². The van der Waals surface area contributed by atoms with E-state index < -0.39 is 0 Å². The molecule has 7 heteroatoms. The molecule has 0 radical (unpaired) electrons. The second-order valence-corrected chi connectivity index (χ2v) is 5.15. The summed E-state index contributed by atoms with van der Waals surface area (Å²) >= 11 is 0. The van der Waals surface area contributed by atoms with Gasteiger partial charge >= 0.3 is 0 Å². The topological polar surface area (TPSA) is 77.8 Å². The molecule has 3 aromatic heterocycles. The standard InChI is InChI=1S/C15H18N6O/c1-9-5-10(2)20-15(22-4)11(9)6-16-13-12-7-19-21(3)14(12)18-8-17-13/h5,7-8H,6H2,1-4H3,(H,16,17,18). The largest absolute Gasteiger partial charge is 0.481 e. The van der Waals surface area contributed by atoms with Crippen LogP contribution in [0, 0.1) is 13.8 Å². The lowest BCUT2D eigenvalue weighted by molar-refractivity contribution is 0.391. The smallest absolute Gasteiger partial charge is 0.218 e. The minimum absolute atomic E-state index is 0.573. The molecule has 7 nitrogen and oxygen atoms in total. The Hall–Kier alpha value is -2.70. The number of ether oxygens (including phenoxy) is 1. The van der Waals surface area contributed by atoms with Crippen LogP contribution in [-0.2, 0) is 13.6 Å². The van der Waals surface area contributed by atoms with Crippen LogP contribution < -0.4 is 10.1 Å². The monoisotopic (exact) mass is 298 g/mol. The Morgan fingerprint density at radius 3 is 2.86 bits per heavy atom. The summed E-state index contributed by atoms with van der Waals surface area (Å²) in [7, 11) is 3.49. The summed E-state index contributed by atoms with van der Waals surface area (Å²) in [5.41, 5.74) is 3.88. The number of hydrogen-bond acceptors (Lipinski definition) is 6. The zero-order valence-corrected chi connectivity index (χ0v) is 13.1. The molecule has 0 aliphatic rings. The number of fused-ring (bicyclic) bond motifs is 1. The van der Waals surface area contributed by atoms with Crippen LogP contribution in [0.2, 0.25) is 0 Å². The minimum atomic E-state index is 0.573. The minimum Gasteiger partial charge on any atom is -0.481 e. The molecule has 3 aromatic rings. The Morgan fingerprint density at radius 1 is 1.27 bits per heavy atom. The van der Waals surface area contributed by atoms with E-state index >= 15 is 0 Å². The first-order chi connectivity index (χ1) is 10.6. The van der Waals surface area contributed by atoms with Gasteiger partial charge < -0.3 is 10.1 Å². The van der Waals surface area contributed by atoms with Crippen LogP contribution in [0.25, 0.3) is 11.0 Å². The van der Waals surface area contributed by atoms with Gasteiger partial charge in [-0.2, -0.15) is 5.10 Å². The number of hydrogen-bond donors (Lipinski definition) is 1. The average molecular weight is 298 g/mol. The van der Waals surface area contributed by atoms with Gasteiger partial charge in [0, 0.05) is 24.8 Å². The number of nitrogens with zero attached hydrogens (tertiary/aromatic N) is 5. The van der Waals surface area contributed by atoms with Crippen molar-refractivity contribution in [1.82, 2.24) is 24.7 Å². The fourth-order valence-corrected chi connectivity index (χ4v) is 2.49. The number of nitrogens with one attached hydrogen (secondary N) is 1. The van der Waals surface area contributed by atoms with Crippen LogP contribution in [0.4, 0.5) is 5.82 Å². The molecular weight excluding hydrogens is 280 g/mol. The summed E-state index contributed by atoms with van der Waals surface area (Å²) in [5.74, 6) is 1.39. The molecule has 0 saturated heterocycles. The van der Waals surface area contributed by atoms with Gasteiger partial charge in [-0.05, 0) is 25.5 Å². The van der Waals surface area contributed by atoms with Gasteiger partial charge in [-0.25, -0.2) is 15.0 Å². The SMILES string of the molecule is COc1nc(C)cc(C)c1CNc1ncnc2c1cnn2C.